The molecule has 1 unspecified atom stereocenters. The highest BCUT2D eigenvalue weighted by Crippen LogP contribution is 2.36. The lowest BCUT2D eigenvalue weighted by Gasteiger charge is -2.51. The Balaban J connectivity index is 1.06. The predicted octanol–water partition coefficient (Wildman–Crippen LogP) is 4.30. The molecule has 6 rings (SSSR count). The first-order valence-corrected chi connectivity index (χ1v) is 13.1. The molecule has 2 N–H and O–H groups in total. The third kappa shape index (κ3) is 5.82. The highest BCUT2D eigenvalue weighted by Gasteiger charge is 2.40. The monoisotopic (exact) mass is 501 g/mol. The van der Waals surface area contributed by atoms with E-state index in [0.29, 0.717) is 16.2 Å². The summed E-state index contributed by atoms with van der Waals surface area (Å²) < 4.78 is 13.2. The van der Waals surface area contributed by atoms with Crippen molar-refractivity contribution in [3.8, 4) is 0 Å². The summed E-state index contributed by atoms with van der Waals surface area (Å²) in [6.45, 7) is 8.63. The predicted molar refractivity (Wildman–Crippen MR) is 142 cm³/mol. The van der Waals surface area contributed by atoms with Crippen LogP contribution in [0.1, 0.15) is 12.8 Å². The van der Waals surface area contributed by atoms with Crippen molar-refractivity contribution in [2.24, 2.45) is 11.8 Å². The Bertz CT molecular complexity index is 981. The van der Waals surface area contributed by atoms with E-state index >= 15 is 0 Å². The molecule has 34 heavy (non-hydrogen) atoms. The number of rotatable bonds is 6. The molecule has 0 aromatic heterocycles. The third-order valence-corrected chi connectivity index (χ3v) is 8.13. The molecule has 5 nitrogen and oxygen atoms in total. The van der Waals surface area contributed by atoms with Crippen LogP contribution < -0.4 is 15.5 Å². The Morgan fingerprint density at radius 1 is 1.06 bits per heavy atom. The normalized spacial score (nSPS) is 26.9. The number of anilines is 2. The lowest BCUT2D eigenvalue weighted by Crippen LogP contribution is -2.59. The zero-order chi connectivity index (χ0) is 23.5. The van der Waals surface area contributed by atoms with E-state index in [1.54, 1.807) is 12.1 Å². The Kier molecular flexibility index (Phi) is 7.54. The lowest BCUT2D eigenvalue weighted by atomic mass is 9.75. The minimum Gasteiger partial charge on any atom is -0.369 e. The molecule has 0 amide bonds. The van der Waals surface area contributed by atoms with Gasteiger partial charge in [-0.25, -0.2) is 4.39 Å². The fourth-order valence-electron chi connectivity index (χ4n) is 5.79. The first kappa shape index (κ1) is 23.8. The molecule has 0 aliphatic carbocycles. The molecule has 8 heteroatoms. The fraction of sp³-hybridized carbons (Fsp3) is 0.500. The molecule has 0 spiro atoms. The third-order valence-electron chi connectivity index (χ3n) is 7.65. The van der Waals surface area contributed by atoms with E-state index in [-0.39, 0.29) is 5.82 Å². The number of halogens is 2. The number of fused-ring (bicyclic) bond motifs is 3. The summed E-state index contributed by atoms with van der Waals surface area (Å²) in [5.74, 6) is 1.37. The van der Waals surface area contributed by atoms with Gasteiger partial charge in [0.1, 0.15) is 5.82 Å². The van der Waals surface area contributed by atoms with E-state index in [1.165, 1.54) is 32.5 Å². The van der Waals surface area contributed by atoms with Crippen molar-refractivity contribution in [1.82, 2.24) is 15.1 Å². The van der Waals surface area contributed by atoms with Gasteiger partial charge in [-0.1, -0.05) is 17.7 Å². The molecule has 0 radical (unpaired) electrons. The Hall–Kier alpha value is -1.93. The minimum absolute atomic E-state index is 0.169. The van der Waals surface area contributed by atoms with Crippen molar-refractivity contribution in [3.63, 3.8) is 0 Å². The van der Waals surface area contributed by atoms with Gasteiger partial charge < -0.3 is 15.5 Å². The maximum Gasteiger partial charge on any atom is 0.170 e. The maximum atomic E-state index is 13.2. The van der Waals surface area contributed by atoms with Crippen molar-refractivity contribution in [1.29, 1.82) is 0 Å². The first-order valence-electron chi connectivity index (χ1n) is 12.3. The van der Waals surface area contributed by atoms with E-state index in [4.69, 9.17) is 23.8 Å². The smallest absolute Gasteiger partial charge is 0.170 e. The standard InChI is InChI=1S/C26H33ClFN5S/c27-21-2-1-3-23(15-21)30-26(34)29-16-25-14-19-8-9-33(25)18-20(19)17-31-10-12-32(13-11-31)24-6-4-22(28)5-7-24/h1-7,15,19-20,25H,8-14,16-18H2,(H2,29,30,34)/t19-,20-,25+/m0/s1. The van der Waals surface area contributed by atoms with E-state index in [2.05, 4.69) is 25.3 Å². The lowest BCUT2D eigenvalue weighted by molar-refractivity contribution is -0.0110. The van der Waals surface area contributed by atoms with Gasteiger partial charge in [-0.3, -0.25) is 9.80 Å². The Labute approximate surface area is 212 Å². The van der Waals surface area contributed by atoms with Crippen LogP contribution in [0.5, 0.6) is 0 Å². The summed E-state index contributed by atoms with van der Waals surface area (Å²) in [4.78, 5) is 7.66. The van der Waals surface area contributed by atoms with Crippen molar-refractivity contribution in [2.45, 2.75) is 18.9 Å². The molecular weight excluding hydrogens is 469 g/mol. The molecule has 4 saturated heterocycles. The minimum atomic E-state index is -0.169. The van der Waals surface area contributed by atoms with Gasteiger partial charge in [0.15, 0.2) is 5.11 Å². The molecule has 182 valence electrons. The number of piperidine rings is 3. The topological polar surface area (TPSA) is 33.8 Å². The second-order valence-electron chi connectivity index (χ2n) is 9.80. The number of piperazine rings is 1. The van der Waals surface area contributed by atoms with Gasteiger partial charge in [0.2, 0.25) is 0 Å². The highest BCUT2D eigenvalue weighted by molar-refractivity contribution is 7.80. The molecule has 4 aliphatic heterocycles. The summed E-state index contributed by atoms with van der Waals surface area (Å²) in [6.07, 6.45) is 2.55. The van der Waals surface area contributed by atoms with Gasteiger partial charge in [-0.2, -0.15) is 0 Å². The van der Waals surface area contributed by atoms with Crippen molar-refractivity contribution in [2.75, 3.05) is 62.6 Å². The van der Waals surface area contributed by atoms with Gasteiger partial charge in [0.25, 0.3) is 0 Å². The number of nitrogens with zero attached hydrogens (tertiary/aromatic N) is 3. The second-order valence-corrected chi connectivity index (χ2v) is 10.6. The Morgan fingerprint density at radius 2 is 1.85 bits per heavy atom. The fourth-order valence-corrected chi connectivity index (χ4v) is 6.18. The van der Waals surface area contributed by atoms with Gasteiger partial charge in [-0.05, 0) is 85.9 Å². The number of hydrogen-bond donors (Lipinski definition) is 2. The van der Waals surface area contributed by atoms with Crippen LogP contribution in [0.15, 0.2) is 48.5 Å². The summed E-state index contributed by atoms with van der Waals surface area (Å²) in [7, 11) is 0. The molecule has 4 aliphatic rings. The average Bonchev–Trinajstić information content (AvgIpc) is 2.84. The van der Waals surface area contributed by atoms with Crippen LogP contribution in [-0.4, -0.2) is 73.3 Å². The first-order chi connectivity index (χ1) is 16.5. The molecular formula is C26H33ClFN5S. The molecule has 2 aromatic carbocycles. The van der Waals surface area contributed by atoms with Crippen LogP contribution in [0.2, 0.25) is 5.02 Å². The van der Waals surface area contributed by atoms with Crippen LogP contribution in [0.25, 0.3) is 0 Å². The molecule has 2 aromatic rings. The number of thiocarbonyl (C=S) groups is 1. The van der Waals surface area contributed by atoms with Crippen LogP contribution in [0.3, 0.4) is 0 Å². The molecule has 2 bridgehead atoms. The van der Waals surface area contributed by atoms with Crippen LogP contribution in [-0.2, 0) is 0 Å². The van der Waals surface area contributed by atoms with Crippen LogP contribution in [0, 0.1) is 17.7 Å². The van der Waals surface area contributed by atoms with Crippen molar-refractivity contribution in [3.05, 3.63) is 59.4 Å². The van der Waals surface area contributed by atoms with E-state index in [0.717, 1.165) is 55.9 Å². The molecule has 4 heterocycles. The van der Waals surface area contributed by atoms with Crippen molar-refractivity contribution < 1.29 is 4.39 Å². The second kappa shape index (κ2) is 10.8. The van der Waals surface area contributed by atoms with Gasteiger partial charge in [-0.15, -0.1) is 0 Å². The average molecular weight is 502 g/mol. The van der Waals surface area contributed by atoms with Gasteiger partial charge in [0.05, 0.1) is 0 Å². The summed E-state index contributed by atoms with van der Waals surface area (Å²) in [5, 5.41) is 8.01. The van der Waals surface area contributed by atoms with E-state index < -0.39 is 0 Å². The molecule has 0 saturated carbocycles. The summed E-state index contributed by atoms with van der Waals surface area (Å²) in [5.41, 5.74) is 2.04. The highest BCUT2D eigenvalue weighted by atomic mass is 35.5. The van der Waals surface area contributed by atoms with E-state index in [1.807, 2.05) is 36.4 Å². The van der Waals surface area contributed by atoms with Crippen LogP contribution in [0.4, 0.5) is 15.8 Å². The number of nitrogens with one attached hydrogen (secondary N) is 2. The maximum absolute atomic E-state index is 13.2. The summed E-state index contributed by atoms with van der Waals surface area (Å²) in [6, 6.07) is 15.1. The quantitative estimate of drug-likeness (QED) is 0.574. The zero-order valence-corrected chi connectivity index (χ0v) is 21.0. The Morgan fingerprint density at radius 3 is 2.56 bits per heavy atom. The van der Waals surface area contributed by atoms with E-state index in [9.17, 15) is 4.39 Å². The van der Waals surface area contributed by atoms with Gasteiger partial charge in [0, 0.05) is 68.3 Å². The molecule has 4 atom stereocenters. The SMILES string of the molecule is Fc1ccc(N2CCN(C[C@H]3CN4CC[C@H]3C[C@@H]4CNC(=S)Nc3cccc(Cl)c3)CC2)cc1. The largest absolute Gasteiger partial charge is 0.369 e. The number of hydrogen-bond acceptors (Lipinski definition) is 4. The zero-order valence-electron chi connectivity index (χ0n) is 19.4. The summed E-state index contributed by atoms with van der Waals surface area (Å²) >= 11 is 11.6. The molecule has 4 fully saturated rings. The van der Waals surface area contributed by atoms with Gasteiger partial charge >= 0.3 is 0 Å². The van der Waals surface area contributed by atoms with Crippen molar-refractivity contribution >= 4 is 40.3 Å². The van der Waals surface area contributed by atoms with Crippen LogP contribution >= 0.6 is 23.8 Å². The number of benzene rings is 2.